The molecule has 0 aliphatic heterocycles. The highest BCUT2D eigenvalue weighted by atomic mass is 32.1. The topological polar surface area (TPSA) is 29.1 Å². The molecular formula is C24H19NOS. The van der Waals surface area contributed by atoms with Gasteiger partial charge in [0.2, 0.25) is 0 Å². The first-order valence-electron chi connectivity index (χ1n) is 8.85. The lowest BCUT2D eigenvalue weighted by atomic mass is 10.0. The molecule has 0 spiro atoms. The standard InChI is InChI=1S/C24H19NOS/c26-24(20-12-10-19(11-13-20)18-6-2-1-3-7-18)25-16-21-8-4-5-9-23(21)22-14-15-27-17-22/h1-15,17H,16H2,(H,25,26). The molecule has 0 bridgehead atoms. The van der Waals surface area contributed by atoms with E-state index in [4.69, 9.17) is 0 Å². The van der Waals surface area contributed by atoms with Crippen molar-refractivity contribution in [1.82, 2.24) is 5.32 Å². The summed E-state index contributed by atoms with van der Waals surface area (Å²) in [6.07, 6.45) is 0. The SMILES string of the molecule is O=C(NCc1ccccc1-c1ccsc1)c1ccc(-c2ccccc2)cc1. The molecule has 1 heterocycles. The normalized spacial score (nSPS) is 10.5. The van der Waals surface area contributed by atoms with Crippen LogP contribution in [0.5, 0.6) is 0 Å². The number of carbonyl (C=O) groups excluding carboxylic acids is 1. The molecule has 0 aliphatic rings. The van der Waals surface area contributed by atoms with Gasteiger partial charge in [-0.25, -0.2) is 0 Å². The minimum Gasteiger partial charge on any atom is -0.348 e. The van der Waals surface area contributed by atoms with Crippen LogP contribution in [-0.4, -0.2) is 5.91 Å². The Morgan fingerprint density at radius 3 is 2.19 bits per heavy atom. The van der Waals surface area contributed by atoms with Crippen LogP contribution in [0.25, 0.3) is 22.3 Å². The van der Waals surface area contributed by atoms with Gasteiger partial charge in [0.25, 0.3) is 5.91 Å². The van der Waals surface area contributed by atoms with Gasteiger partial charge in [-0.3, -0.25) is 4.79 Å². The van der Waals surface area contributed by atoms with Crippen molar-refractivity contribution >= 4 is 17.2 Å². The van der Waals surface area contributed by atoms with Crippen LogP contribution in [0, 0.1) is 0 Å². The minimum atomic E-state index is -0.0604. The Kier molecular flexibility index (Phi) is 5.13. The van der Waals surface area contributed by atoms with Crippen LogP contribution >= 0.6 is 11.3 Å². The highest BCUT2D eigenvalue weighted by molar-refractivity contribution is 7.08. The molecule has 3 heteroatoms. The number of hydrogen-bond donors (Lipinski definition) is 1. The summed E-state index contributed by atoms with van der Waals surface area (Å²) < 4.78 is 0. The highest BCUT2D eigenvalue weighted by Crippen LogP contribution is 2.26. The molecule has 0 saturated carbocycles. The molecule has 0 fully saturated rings. The summed E-state index contributed by atoms with van der Waals surface area (Å²) >= 11 is 1.68. The number of benzene rings is 3. The van der Waals surface area contributed by atoms with Crippen LogP contribution in [0.3, 0.4) is 0 Å². The molecule has 1 N–H and O–H groups in total. The second-order valence-corrected chi connectivity index (χ2v) is 7.08. The van der Waals surface area contributed by atoms with Gasteiger partial charge in [0.05, 0.1) is 0 Å². The average Bonchev–Trinajstić information content (AvgIpc) is 3.28. The lowest BCUT2D eigenvalue weighted by Crippen LogP contribution is -2.23. The van der Waals surface area contributed by atoms with Crippen LogP contribution < -0.4 is 5.32 Å². The monoisotopic (exact) mass is 369 g/mol. The van der Waals surface area contributed by atoms with Crippen molar-refractivity contribution in [3.63, 3.8) is 0 Å². The van der Waals surface area contributed by atoms with Crippen molar-refractivity contribution in [3.8, 4) is 22.3 Å². The van der Waals surface area contributed by atoms with Gasteiger partial charge in [-0.05, 0) is 56.8 Å². The van der Waals surface area contributed by atoms with E-state index < -0.39 is 0 Å². The molecule has 27 heavy (non-hydrogen) atoms. The van der Waals surface area contributed by atoms with E-state index in [0.717, 1.165) is 16.7 Å². The molecule has 4 aromatic rings. The number of hydrogen-bond acceptors (Lipinski definition) is 2. The first-order valence-corrected chi connectivity index (χ1v) is 9.80. The van der Waals surface area contributed by atoms with Gasteiger partial charge in [-0.1, -0.05) is 66.7 Å². The minimum absolute atomic E-state index is 0.0604. The molecule has 132 valence electrons. The zero-order chi connectivity index (χ0) is 18.5. The number of amides is 1. The lowest BCUT2D eigenvalue weighted by molar-refractivity contribution is 0.0951. The van der Waals surface area contributed by atoms with Crippen molar-refractivity contribution < 1.29 is 4.79 Å². The van der Waals surface area contributed by atoms with E-state index in [0.29, 0.717) is 12.1 Å². The summed E-state index contributed by atoms with van der Waals surface area (Å²) in [7, 11) is 0. The first-order chi connectivity index (χ1) is 13.3. The maximum Gasteiger partial charge on any atom is 0.251 e. The van der Waals surface area contributed by atoms with Crippen LogP contribution in [0.1, 0.15) is 15.9 Å². The van der Waals surface area contributed by atoms with E-state index >= 15 is 0 Å². The Morgan fingerprint density at radius 2 is 1.44 bits per heavy atom. The maximum absolute atomic E-state index is 12.6. The summed E-state index contributed by atoms with van der Waals surface area (Å²) in [4.78, 5) is 12.6. The smallest absolute Gasteiger partial charge is 0.251 e. The van der Waals surface area contributed by atoms with Gasteiger partial charge in [0.1, 0.15) is 0 Å². The number of rotatable bonds is 5. The lowest BCUT2D eigenvalue weighted by Gasteiger charge is -2.10. The van der Waals surface area contributed by atoms with Gasteiger partial charge >= 0.3 is 0 Å². The fourth-order valence-corrected chi connectivity index (χ4v) is 3.75. The zero-order valence-electron chi connectivity index (χ0n) is 14.8. The van der Waals surface area contributed by atoms with Gasteiger partial charge in [0.15, 0.2) is 0 Å². The number of thiophene rings is 1. The predicted octanol–water partition coefficient (Wildman–Crippen LogP) is 6.01. The summed E-state index contributed by atoms with van der Waals surface area (Å²) in [5, 5.41) is 7.24. The van der Waals surface area contributed by atoms with Crippen LogP contribution in [0.15, 0.2) is 95.7 Å². The van der Waals surface area contributed by atoms with E-state index in [9.17, 15) is 4.79 Å². The van der Waals surface area contributed by atoms with E-state index in [2.05, 4.69) is 46.4 Å². The third-order valence-electron chi connectivity index (χ3n) is 4.54. The van der Waals surface area contributed by atoms with Gasteiger partial charge in [-0.15, -0.1) is 0 Å². The zero-order valence-corrected chi connectivity index (χ0v) is 15.6. The Morgan fingerprint density at radius 1 is 0.741 bits per heavy atom. The average molecular weight is 369 g/mol. The fourth-order valence-electron chi connectivity index (χ4n) is 3.10. The Bertz CT molecular complexity index is 1020. The van der Waals surface area contributed by atoms with E-state index in [1.807, 2.05) is 54.6 Å². The molecule has 0 atom stereocenters. The van der Waals surface area contributed by atoms with Crippen molar-refractivity contribution in [2.24, 2.45) is 0 Å². The van der Waals surface area contributed by atoms with Crippen LogP contribution in [-0.2, 0) is 6.54 Å². The summed E-state index contributed by atoms with van der Waals surface area (Å²) in [6.45, 7) is 0.505. The summed E-state index contributed by atoms with van der Waals surface area (Å²) in [5.74, 6) is -0.0604. The second-order valence-electron chi connectivity index (χ2n) is 6.30. The Labute approximate surface area is 163 Å². The number of nitrogens with one attached hydrogen (secondary N) is 1. The first kappa shape index (κ1) is 17.3. The molecule has 3 aromatic carbocycles. The Hall–Kier alpha value is -3.17. The van der Waals surface area contributed by atoms with E-state index in [1.54, 1.807) is 11.3 Å². The molecule has 2 nitrogen and oxygen atoms in total. The third kappa shape index (κ3) is 3.99. The molecule has 0 unspecified atom stereocenters. The molecule has 1 amide bonds. The molecule has 1 aromatic heterocycles. The molecule has 0 radical (unpaired) electrons. The molecule has 4 rings (SSSR count). The van der Waals surface area contributed by atoms with E-state index in [-0.39, 0.29) is 5.91 Å². The summed E-state index contributed by atoms with van der Waals surface area (Å²) in [6, 6.07) is 28.2. The number of carbonyl (C=O) groups is 1. The van der Waals surface area contributed by atoms with Gasteiger partial charge in [-0.2, -0.15) is 11.3 Å². The molecular weight excluding hydrogens is 350 g/mol. The third-order valence-corrected chi connectivity index (χ3v) is 5.23. The van der Waals surface area contributed by atoms with Gasteiger partial charge in [0, 0.05) is 12.1 Å². The Balaban J connectivity index is 1.46. The fraction of sp³-hybridized carbons (Fsp3) is 0.0417. The van der Waals surface area contributed by atoms with Gasteiger partial charge < -0.3 is 5.32 Å². The highest BCUT2D eigenvalue weighted by Gasteiger charge is 2.09. The van der Waals surface area contributed by atoms with Crippen molar-refractivity contribution in [1.29, 1.82) is 0 Å². The van der Waals surface area contributed by atoms with Crippen LogP contribution in [0.2, 0.25) is 0 Å². The largest absolute Gasteiger partial charge is 0.348 e. The maximum atomic E-state index is 12.6. The quantitative estimate of drug-likeness (QED) is 0.458. The summed E-state index contributed by atoms with van der Waals surface area (Å²) in [5.41, 5.74) is 6.40. The van der Waals surface area contributed by atoms with Crippen molar-refractivity contribution in [3.05, 3.63) is 107 Å². The predicted molar refractivity (Wildman–Crippen MR) is 113 cm³/mol. The molecule has 0 saturated heterocycles. The van der Waals surface area contributed by atoms with Crippen molar-refractivity contribution in [2.75, 3.05) is 0 Å². The van der Waals surface area contributed by atoms with Crippen molar-refractivity contribution in [2.45, 2.75) is 6.54 Å². The van der Waals surface area contributed by atoms with Crippen LogP contribution in [0.4, 0.5) is 0 Å². The van der Waals surface area contributed by atoms with E-state index in [1.165, 1.54) is 11.1 Å². The second kappa shape index (κ2) is 8.02. The molecule has 0 aliphatic carbocycles.